The Labute approximate surface area is 128 Å². The molecule has 0 fully saturated rings. The van der Waals surface area contributed by atoms with Crippen molar-refractivity contribution in [1.29, 1.82) is 0 Å². The quantitative estimate of drug-likeness (QED) is 0.878. The van der Waals surface area contributed by atoms with Crippen LogP contribution >= 0.6 is 11.6 Å². The lowest BCUT2D eigenvalue weighted by atomic mass is 10.2. The number of rotatable bonds is 4. The summed E-state index contributed by atoms with van der Waals surface area (Å²) in [5.74, 6) is -0.654. The Morgan fingerprint density at radius 3 is 2.43 bits per heavy atom. The van der Waals surface area contributed by atoms with E-state index in [2.05, 4.69) is 0 Å². The number of hydrogen-bond acceptors (Lipinski definition) is 3. The molecule has 2 rings (SSSR count). The smallest absolute Gasteiger partial charge is 0.244 e. The number of hydrogen-bond donors (Lipinski definition) is 1. The SMILES string of the molecule is CN(Cc1ccc(N)cc1)S(=O)(=O)c1cc(F)ccc1Cl. The van der Waals surface area contributed by atoms with Crippen molar-refractivity contribution in [2.75, 3.05) is 12.8 Å². The van der Waals surface area contributed by atoms with E-state index in [1.54, 1.807) is 24.3 Å². The number of nitrogens with zero attached hydrogens (tertiary/aromatic N) is 1. The third-order valence-corrected chi connectivity index (χ3v) is 5.25. The maximum absolute atomic E-state index is 13.3. The Kier molecular flexibility index (Phi) is 4.51. The topological polar surface area (TPSA) is 63.4 Å². The first-order valence-electron chi connectivity index (χ1n) is 6.06. The summed E-state index contributed by atoms with van der Waals surface area (Å²) in [6.45, 7) is 0.134. The number of nitrogens with two attached hydrogens (primary N) is 1. The molecule has 0 bridgehead atoms. The fourth-order valence-electron chi connectivity index (χ4n) is 1.81. The van der Waals surface area contributed by atoms with Gasteiger partial charge in [0.15, 0.2) is 0 Å². The van der Waals surface area contributed by atoms with Crippen molar-refractivity contribution in [3.63, 3.8) is 0 Å². The zero-order valence-electron chi connectivity index (χ0n) is 11.3. The molecular weight excluding hydrogens is 315 g/mol. The lowest BCUT2D eigenvalue weighted by Crippen LogP contribution is -2.26. The van der Waals surface area contributed by atoms with Crippen LogP contribution in [0.1, 0.15) is 5.56 Å². The van der Waals surface area contributed by atoms with Crippen molar-refractivity contribution < 1.29 is 12.8 Å². The first kappa shape index (κ1) is 15.8. The van der Waals surface area contributed by atoms with Crippen LogP contribution in [0.3, 0.4) is 0 Å². The average molecular weight is 329 g/mol. The van der Waals surface area contributed by atoms with Crippen LogP contribution in [0.25, 0.3) is 0 Å². The lowest BCUT2D eigenvalue weighted by Gasteiger charge is -2.18. The summed E-state index contributed by atoms with van der Waals surface area (Å²) in [4.78, 5) is -0.248. The van der Waals surface area contributed by atoms with E-state index >= 15 is 0 Å². The second-order valence-electron chi connectivity index (χ2n) is 4.58. The molecule has 0 saturated heterocycles. The molecule has 4 nitrogen and oxygen atoms in total. The molecule has 0 aliphatic carbocycles. The molecule has 0 heterocycles. The van der Waals surface area contributed by atoms with Gasteiger partial charge in [0.25, 0.3) is 0 Å². The predicted molar refractivity (Wildman–Crippen MR) is 80.9 cm³/mol. The molecule has 0 saturated carbocycles. The Morgan fingerprint density at radius 1 is 1.19 bits per heavy atom. The largest absolute Gasteiger partial charge is 0.399 e. The number of nitrogen functional groups attached to an aromatic ring is 1. The maximum atomic E-state index is 13.3. The third kappa shape index (κ3) is 3.53. The predicted octanol–water partition coefficient (Wildman–Crippen LogP) is 2.88. The highest BCUT2D eigenvalue weighted by molar-refractivity contribution is 7.89. The van der Waals surface area contributed by atoms with E-state index < -0.39 is 15.8 Å². The van der Waals surface area contributed by atoms with E-state index in [1.165, 1.54) is 13.1 Å². The van der Waals surface area contributed by atoms with Crippen molar-refractivity contribution in [3.8, 4) is 0 Å². The molecule has 2 N–H and O–H groups in total. The van der Waals surface area contributed by atoms with E-state index in [0.29, 0.717) is 5.69 Å². The number of sulfonamides is 1. The molecule has 0 radical (unpaired) electrons. The standard InChI is InChI=1S/C14H14ClFN2O2S/c1-18(9-10-2-5-12(17)6-3-10)21(19,20)14-8-11(16)4-7-13(14)15/h2-8H,9,17H2,1H3. The Bertz CT molecular complexity index is 748. The molecule has 21 heavy (non-hydrogen) atoms. The monoisotopic (exact) mass is 328 g/mol. The van der Waals surface area contributed by atoms with Crippen LogP contribution in [0.2, 0.25) is 5.02 Å². The highest BCUT2D eigenvalue weighted by Crippen LogP contribution is 2.25. The molecule has 0 aliphatic heterocycles. The van der Waals surface area contributed by atoms with Gasteiger partial charge in [-0.2, -0.15) is 4.31 Å². The van der Waals surface area contributed by atoms with Gasteiger partial charge < -0.3 is 5.73 Å². The van der Waals surface area contributed by atoms with E-state index in [1.807, 2.05) is 0 Å². The van der Waals surface area contributed by atoms with Gasteiger partial charge in [0.1, 0.15) is 10.7 Å². The Balaban J connectivity index is 2.30. The zero-order chi connectivity index (χ0) is 15.6. The van der Waals surface area contributed by atoms with Crippen LogP contribution in [0.4, 0.5) is 10.1 Å². The molecule has 2 aromatic carbocycles. The van der Waals surface area contributed by atoms with Crippen molar-refractivity contribution >= 4 is 27.3 Å². The summed E-state index contributed by atoms with van der Waals surface area (Å²) in [6, 6.07) is 10.1. The Hall–Kier alpha value is -1.63. The summed E-state index contributed by atoms with van der Waals surface area (Å²) in [6.07, 6.45) is 0. The molecule has 0 aliphatic rings. The maximum Gasteiger partial charge on any atom is 0.244 e. The molecular formula is C14H14ClFN2O2S. The molecule has 112 valence electrons. The van der Waals surface area contributed by atoms with E-state index in [4.69, 9.17) is 17.3 Å². The number of halogens is 2. The minimum atomic E-state index is -3.87. The van der Waals surface area contributed by atoms with Crippen molar-refractivity contribution in [3.05, 3.63) is 58.9 Å². The van der Waals surface area contributed by atoms with E-state index in [9.17, 15) is 12.8 Å². The fourth-order valence-corrected chi connectivity index (χ4v) is 3.45. The molecule has 2 aromatic rings. The number of benzene rings is 2. The normalized spacial score (nSPS) is 11.8. The van der Waals surface area contributed by atoms with Crippen LogP contribution in [0.15, 0.2) is 47.4 Å². The molecule has 0 unspecified atom stereocenters. The highest BCUT2D eigenvalue weighted by atomic mass is 35.5. The second-order valence-corrected chi connectivity index (χ2v) is 7.00. The first-order valence-corrected chi connectivity index (χ1v) is 7.88. The molecule has 0 aromatic heterocycles. The van der Waals surface area contributed by atoms with Gasteiger partial charge in [-0.15, -0.1) is 0 Å². The van der Waals surface area contributed by atoms with Crippen LogP contribution in [0, 0.1) is 5.82 Å². The zero-order valence-corrected chi connectivity index (χ0v) is 12.8. The van der Waals surface area contributed by atoms with Crippen molar-refractivity contribution in [2.45, 2.75) is 11.4 Å². The van der Waals surface area contributed by atoms with E-state index in [0.717, 1.165) is 22.0 Å². The van der Waals surface area contributed by atoms with Gasteiger partial charge in [-0.3, -0.25) is 0 Å². The van der Waals surface area contributed by atoms with E-state index in [-0.39, 0.29) is 16.5 Å². The molecule has 0 spiro atoms. The van der Waals surface area contributed by atoms with Crippen LogP contribution in [-0.2, 0) is 16.6 Å². The Morgan fingerprint density at radius 2 is 1.81 bits per heavy atom. The van der Waals surface area contributed by atoms with Gasteiger partial charge in [0.2, 0.25) is 10.0 Å². The fraction of sp³-hybridized carbons (Fsp3) is 0.143. The molecule has 7 heteroatoms. The summed E-state index contributed by atoms with van der Waals surface area (Å²) in [5, 5.41) is -0.0134. The van der Waals surface area contributed by atoms with Crippen LogP contribution < -0.4 is 5.73 Å². The van der Waals surface area contributed by atoms with Gasteiger partial charge in [-0.25, -0.2) is 12.8 Å². The van der Waals surface area contributed by atoms with Crippen LogP contribution in [-0.4, -0.2) is 19.8 Å². The summed E-state index contributed by atoms with van der Waals surface area (Å²) in [7, 11) is -2.46. The van der Waals surface area contributed by atoms with Crippen molar-refractivity contribution in [2.24, 2.45) is 0 Å². The third-order valence-electron chi connectivity index (χ3n) is 2.97. The minimum Gasteiger partial charge on any atom is -0.399 e. The molecule has 0 atom stereocenters. The summed E-state index contributed by atoms with van der Waals surface area (Å²) in [5.41, 5.74) is 6.94. The number of anilines is 1. The van der Waals surface area contributed by atoms with Gasteiger partial charge in [0.05, 0.1) is 5.02 Å². The van der Waals surface area contributed by atoms with Crippen molar-refractivity contribution in [1.82, 2.24) is 4.31 Å². The second kappa shape index (κ2) is 6.01. The lowest BCUT2D eigenvalue weighted by molar-refractivity contribution is 0.466. The van der Waals surface area contributed by atoms with Gasteiger partial charge in [0, 0.05) is 19.3 Å². The first-order chi connectivity index (χ1) is 9.80. The highest BCUT2D eigenvalue weighted by Gasteiger charge is 2.24. The van der Waals surface area contributed by atoms with Crippen LogP contribution in [0.5, 0.6) is 0 Å². The average Bonchev–Trinajstić information content (AvgIpc) is 2.43. The van der Waals surface area contributed by atoms with Gasteiger partial charge in [-0.05, 0) is 35.9 Å². The summed E-state index contributed by atoms with van der Waals surface area (Å²) < 4.78 is 39.2. The molecule has 0 amide bonds. The minimum absolute atomic E-state index is 0.0134. The summed E-state index contributed by atoms with van der Waals surface area (Å²) >= 11 is 5.86. The van der Waals surface area contributed by atoms with Gasteiger partial charge >= 0.3 is 0 Å². The van der Waals surface area contributed by atoms with Gasteiger partial charge in [-0.1, -0.05) is 23.7 Å².